The number of halogens is 4. The summed E-state index contributed by atoms with van der Waals surface area (Å²) in [5, 5.41) is 11.6. The van der Waals surface area contributed by atoms with Crippen LogP contribution in [-0.2, 0) is 11.0 Å². The summed E-state index contributed by atoms with van der Waals surface area (Å²) in [5.74, 6) is -2.24. The molecule has 0 amide bonds. The first-order chi connectivity index (χ1) is 8.74. The Balaban J connectivity index is 2.25. The summed E-state index contributed by atoms with van der Waals surface area (Å²) >= 11 is 0. The minimum atomic E-state index is -4.62. The molecule has 1 fully saturated rings. The van der Waals surface area contributed by atoms with E-state index < -0.39 is 29.1 Å². The lowest BCUT2D eigenvalue weighted by atomic mass is 9.76. The van der Waals surface area contributed by atoms with Crippen molar-refractivity contribution in [3.05, 3.63) is 29.6 Å². The first-order valence-electron chi connectivity index (χ1n) is 5.63. The molecule has 0 spiro atoms. The van der Waals surface area contributed by atoms with Crippen molar-refractivity contribution in [3.63, 3.8) is 0 Å². The fraction of sp³-hybridized carbons (Fsp3) is 0.417. The van der Waals surface area contributed by atoms with E-state index in [9.17, 15) is 22.4 Å². The Morgan fingerprint density at radius 1 is 1.32 bits per heavy atom. The minimum Gasteiger partial charge on any atom is -0.480 e. The Labute approximate surface area is 106 Å². The van der Waals surface area contributed by atoms with Crippen LogP contribution in [-0.4, -0.2) is 16.6 Å². The normalized spacial score (nSPS) is 17.7. The van der Waals surface area contributed by atoms with Gasteiger partial charge >= 0.3 is 12.1 Å². The number of rotatable bonds is 3. The monoisotopic (exact) mass is 277 g/mol. The van der Waals surface area contributed by atoms with Gasteiger partial charge in [-0.1, -0.05) is 0 Å². The molecule has 104 valence electrons. The zero-order valence-electron chi connectivity index (χ0n) is 9.72. The fourth-order valence-electron chi connectivity index (χ4n) is 1.97. The molecule has 1 saturated carbocycles. The highest BCUT2D eigenvalue weighted by Crippen LogP contribution is 2.37. The minimum absolute atomic E-state index is 0.227. The van der Waals surface area contributed by atoms with E-state index in [4.69, 9.17) is 5.11 Å². The van der Waals surface area contributed by atoms with Crippen LogP contribution < -0.4 is 5.32 Å². The number of carbonyl (C=O) groups is 1. The third kappa shape index (κ3) is 2.50. The van der Waals surface area contributed by atoms with Crippen molar-refractivity contribution >= 4 is 11.7 Å². The predicted octanol–water partition coefficient (Wildman–Crippen LogP) is 3.26. The lowest BCUT2D eigenvalue weighted by Gasteiger charge is -2.39. The van der Waals surface area contributed by atoms with Crippen LogP contribution in [0, 0.1) is 5.82 Å². The smallest absolute Gasteiger partial charge is 0.416 e. The van der Waals surface area contributed by atoms with Crippen LogP contribution in [0.15, 0.2) is 18.2 Å². The Bertz CT molecular complexity index is 509. The van der Waals surface area contributed by atoms with Gasteiger partial charge < -0.3 is 10.4 Å². The molecule has 0 saturated heterocycles. The topological polar surface area (TPSA) is 49.3 Å². The van der Waals surface area contributed by atoms with Crippen LogP contribution in [0.3, 0.4) is 0 Å². The number of hydrogen-bond donors (Lipinski definition) is 2. The summed E-state index contributed by atoms with van der Waals surface area (Å²) in [4.78, 5) is 11.1. The molecule has 3 nitrogen and oxygen atoms in total. The third-order valence-corrected chi connectivity index (χ3v) is 3.29. The van der Waals surface area contributed by atoms with Gasteiger partial charge in [-0.25, -0.2) is 9.18 Å². The largest absolute Gasteiger partial charge is 0.480 e. The molecule has 0 radical (unpaired) electrons. The average Bonchev–Trinajstić information content (AvgIpc) is 2.23. The predicted molar refractivity (Wildman–Crippen MR) is 59.2 cm³/mol. The quantitative estimate of drug-likeness (QED) is 0.834. The second kappa shape index (κ2) is 4.40. The number of hydrogen-bond acceptors (Lipinski definition) is 2. The van der Waals surface area contributed by atoms with Gasteiger partial charge in [0.1, 0.15) is 11.4 Å². The number of aliphatic carboxylic acids is 1. The summed E-state index contributed by atoms with van der Waals surface area (Å²) in [6.45, 7) is 0. The van der Waals surface area contributed by atoms with Gasteiger partial charge in [-0.3, -0.25) is 0 Å². The second-order valence-electron chi connectivity index (χ2n) is 4.56. The average molecular weight is 277 g/mol. The molecule has 19 heavy (non-hydrogen) atoms. The molecule has 2 N–H and O–H groups in total. The summed E-state index contributed by atoms with van der Waals surface area (Å²) in [7, 11) is 0. The fourth-order valence-corrected chi connectivity index (χ4v) is 1.97. The highest BCUT2D eigenvalue weighted by molar-refractivity contribution is 5.84. The first-order valence-corrected chi connectivity index (χ1v) is 5.63. The van der Waals surface area contributed by atoms with Crippen molar-refractivity contribution in [3.8, 4) is 0 Å². The van der Waals surface area contributed by atoms with Crippen LogP contribution >= 0.6 is 0 Å². The van der Waals surface area contributed by atoms with Crippen molar-refractivity contribution in [2.45, 2.75) is 31.0 Å². The molecule has 2 rings (SSSR count). The van der Waals surface area contributed by atoms with E-state index in [0.29, 0.717) is 25.3 Å². The summed E-state index contributed by atoms with van der Waals surface area (Å²) in [6, 6.07) is 2.00. The summed E-state index contributed by atoms with van der Waals surface area (Å²) in [6.07, 6.45) is -3.30. The van der Waals surface area contributed by atoms with E-state index >= 15 is 0 Å². The molecule has 0 aliphatic heterocycles. The molecule has 1 aromatic rings. The number of anilines is 1. The molecule has 1 aromatic carbocycles. The van der Waals surface area contributed by atoms with Gasteiger partial charge in [-0.05, 0) is 37.5 Å². The second-order valence-corrected chi connectivity index (χ2v) is 4.56. The maximum Gasteiger partial charge on any atom is 0.416 e. The molecule has 0 aromatic heterocycles. The molecule has 1 aliphatic carbocycles. The van der Waals surface area contributed by atoms with E-state index in [1.165, 1.54) is 0 Å². The lowest BCUT2D eigenvalue weighted by Crippen LogP contribution is -2.52. The van der Waals surface area contributed by atoms with Crippen LogP contribution in [0.1, 0.15) is 24.8 Å². The number of alkyl halides is 3. The van der Waals surface area contributed by atoms with Gasteiger partial charge in [0.2, 0.25) is 0 Å². The number of carboxylic acids is 1. The van der Waals surface area contributed by atoms with Crippen molar-refractivity contribution < 1.29 is 27.5 Å². The maximum atomic E-state index is 13.6. The highest BCUT2D eigenvalue weighted by atomic mass is 19.4. The van der Waals surface area contributed by atoms with Crippen molar-refractivity contribution in [1.82, 2.24) is 0 Å². The van der Waals surface area contributed by atoms with E-state index in [2.05, 4.69) is 5.32 Å². The molecular formula is C12H11F4NO2. The van der Waals surface area contributed by atoms with Crippen LogP contribution in [0.5, 0.6) is 0 Å². The SMILES string of the molecule is O=C(O)C1(Nc2ccc(C(F)(F)F)cc2F)CCC1. The molecule has 0 heterocycles. The van der Waals surface area contributed by atoms with Gasteiger partial charge in [-0.15, -0.1) is 0 Å². The molecular weight excluding hydrogens is 266 g/mol. The van der Waals surface area contributed by atoms with Crippen molar-refractivity contribution in [2.75, 3.05) is 5.32 Å². The van der Waals surface area contributed by atoms with Gasteiger partial charge in [0.15, 0.2) is 0 Å². The van der Waals surface area contributed by atoms with Crippen molar-refractivity contribution in [2.24, 2.45) is 0 Å². The van der Waals surface area contributed by atoms with Gasteiger partial charge in [0.25, 0.3) is 0 Å². The number of carboxylic acid groups (broad SMARTS) is 1. The zero-order valence-corrected chi connectivity index (χ0v) is 9.72. The number of nitrogens with one attached hydrogen (secondary N) is 1. The standard InChI is InChI=1S/C12H11F4NO2/c13-8-6-7(12(14,15)16)2-3-9(8)17-11(10(18)19)4-1-5-11/h2-3,6,17H,1,4-5H2,(H,18,19). The zero-order chi connectivity index (χ0) is 14.3. The first kappa shape index (κ1) is 13.6. The number of benzene rings is 1. The van der Waals surface area contributed by atoms with E-state index in [1.54, 1.807) is 0 Å². The Kier molecular flexibility index (Phi) is 3.15. The van der Waals surface area contributed by atoms with Crippen LogP contribution in [0.2, 0.25) is 0 Å². The van der Waals surface area contributed by atoms with Crippen molar-refractivity contribution in [1.29, 1.82) is 0 Å². The Morgan fingerprint density at radius 2 is 1.95 bits per heavy atom. The van der Waals surface area contributed by atoms with Gasteiger partial charge in [0, 0.05) is 0 Å². The molecule has 1 aliphatic rings. The summed E-state index contributed by atoms with van der Waals surface area (Å²) in [5.41, 5.74) is -2.59. The van der Waals surface area contributed by atoms with E-state index in [-0.39, 0.29) is 5.69 Å². The summed E-state index contributed by atoms with van der Waals surface area (Å²) < 4.78 is 50.7. The Morgan fingerprint density at radius 3 is 2.32 bits per heavy atom. The van der Waals surface area contributed by atoms with E-state index in [1.807, 2.05) is 0 Å². The third-order valence-electron chi connectivity index (χ3n) is 3.29. The molecule has 0 unspecified atom stereocenters. The van der Waals surface area contributed by atoms with E-state index in [0.717, 1.165) is 12.1 Å². The molecule has 7 heteroatoms. The molecule has 0 bridgehead atoms. The molecule has 0 atom stereocenters. The van der Waals surface area contributed by atoms with Crippen LogP contribution in [0.25, 0.3) is 0 Å². The highest BCUT2D eigenvalue weighted by Gasteiger charge is 2.45. The van der Waals surface area contributed by atoms with Gasteiger partial charge in [0.05, 0.1) is 11.3 Å². The van der Waals surface area contributed by atoms with Gasteiger partial charge in [-0.2, -0.15) is 13.2 Å². The maximum absolute atomic E-state index is 13.6. The van der Waals surface area contributed by atoms with Crippen LogP contribution in [0.4, 0.5) is 23.2 Å². The lowest BCUT2D eigenvalue weighted by molar-refractivity contribution is -0.145. The Hall–Kier alpha value is -1.79.